The molecule has 9 nitrogen and oxygen atoms in total. The number of hydrogen-bond donors (Lipinski definition) is 2. The summed E-state index contributed by atoms with van der Waals surface area (Å²) in [5.41, 5.74) is 1.62. The maximum Gasteiger partial charge on any atom is 0.142 e. The Bertz CT molecular complexity index is 811. The summed E-state index contributed by atoms with van der Waals surface area (Å²) < 4.78 is 1.95. The van der Waals surface area contributed by atoms with E-state index in [4.69, 9.17) is 0 Å². The Balaban J connectivity index is 0. The second-order valence-electron chi connectivity index (χ2n) is 9.00. The highest BCUT2D eigenvalue weighted by Gasteiger charge is 2.24. The van der Waals surface area contributed by atoms with E-state index in [-0.39, 0.29) is 17.0 Å². The molecular formula is C27H48BrN5O4. The second-order valence-corrected chi connectivity index (χ2v) is 9.00. The van der Waals surface area contributed by atoms with Crippen molar-refractivity contribution in [3.8, 4) is 11.5 Å². The Labute approximate surface area is 234 Å². The summed E-state index contributed by atoms with van der Waals surface area (Å²) in [4.78, 5) is 19.0. The minimum atomic E-state index is -1.16. The average Bonchev–Trinajstić information content (AvgIpc) is 2.89. The van der Waals surface area contributed by atoms with Crippen molar-refractivity contribution in [2.45, 2.75) is 54.6 Å². The van der Waals surface area contributed by atoms with Gasteiger partial charge in [0.25, 0.3) is 0 Å². The predicted octanol–water partition coefficient (Wildman–Crippen LogP) is 0.223. The van der Waals surface area contributed by atoms with Gasteiger partial charge in [0, 0.05) is 26.5 Å². The number of rotatable bonds is 10. The summed E-state index contributed by atoms with van der Waals surface area (Å²) in [5, 5.41) is 28.9. The van der Waals surface area contributed by atoms with Gasteiger partial charge in [-0.25, -0.2) is 0 Å². The first kappa shape index (κ1) is 36.7. The Morgan fingerprint density at radius 3 is 1.22 bits per heavy atom. The van der Waals surface area contributed by atoms with E-state index in [0.29, 0.717) is 11.5 Å². The van der Waals surface area contributed by atoms with Crippen LogP contribution in [0.5, 0.6) is 11.5 Å². The van der Waals surface area contributed by atoms with Crippen molar-refractivity contribution >= 4 is 6.09 Å². The van der Waals surface area contributed by atoms with E-state index in [9.17, 15) is 20.1 Å². The van der Waals surface area contributed by atoms with Crippen LogP contribution in [0.2, 0.25) is 0 Å². The molecule has 2 rings (SSSR count). The lowest BCUT2D eigenvalue weighted by atomic mass is 10.2. The minimum Gasteiger partial charge on any atom is -1.00 e. The third kappa shape index (κ3) is 12.6. The molecule has 0 aliphatic rings. The van der Waals surface area contributed by atoms with Gasteiger partial charge in [0.05, 0.1) is 39.3 Å². The highest BCUT2D eigenvalue weighted by Crippen LogP contribution is 2.20. The lowest BCUT2D eigenvalue weighted by Crippen LogP contribution is -3.00. The summed E-state index contributed by atoms with van der Waals surface area (Å²) in [7, 11) is 2.82. The largest absolute Gasteiger partial charge is 1.00 e. The minimum absolute atomic E-state index is 0. The molecule has 0 unspecified atom stereocenters. The molecule has 0 aromatic carbocycles. The zero-order valence-electron chi connectivity index (χ0n) is 23.9. The van der Waals surface area contributed by atoms with Gasteiger partial charge in [0.1, 0.15) is 42.1 Å². The highest BCUT2D eigenvalue weighted by molar-refractivity contribution is 5.61. The van der Waals surface area contributed by atoms with Crippen molar-refractivity contribution < 1.29 is 46.1 Å². The first-order valence-corrected chi connectivity index (χ1v) is 12.8. The second kappa shape index (κ2) is 18.8. The monoisotopic (exact) mass is 585 g/mol. The SMILES string of the molecule is CC[N+](CC)(CC)Cc1ncccc1O.CC[N+](CC)(CC)Cc1ncccc1O.CN(C)C(=O)[O-].[Br-]. The van der Waals surface area contributed by atoms with Gasteiger partial charge in [-0.05, 0) is 65.8 Å². The van der Waals surface area contributed by atoms with Crippen LogP contribution < -0.4 is 22.1 Å². The lowest BCUT2D eigenvalue weighted by molar-refractivity contribution is -0.936. The van der Waals surface area contributed by atoms with E-state index in [0.717, 1.165) is 77.6 Å². The van der Waals surface area contributed by atoms with Crippen LogP contribution in [-0.4, -0.2) is 93.5 Å². The number of amides is 1. The van der Waals surface area contributed by atoms with Gasteiger partial charge in [0.2, 0.25) is 0 Å². The van der Waals surface area contributed by atoms with Crippen LogP contribution in [0.1, 0.15) is 52.9 Å². The van der Waals surface area contributed by atoms with Gasteiger partial charge in [-0.15, -0.1) is 0 Å². The van der Waals surface area contributed by atoms with Crippen LogP contribution in [0.4, 0.5) is 4.79 Å². The zero-order chi connectivity index (χ0) is 27.8. The van der Waals surface area contributed by atoms with Crippen LogP contribution in [0.15, 0.2) is 36.7 Å². The molecule has 0 atom stereocenters. The molecule has 2 aromatic rings. The van der Waals surface area contributed by atoms with Gasteiger partial charge < -0.3 is 51.0 Å². The maximum atomic E-state index is 9.69. The first-order valence-electron chi connectivity index (χ1n) is 12.8. The van der Waals surface area contributed by atoms with Crippen molar-refractivity contribution in [3.05, 3.63) is 48.0 Å². The molecule has 0 aliphatic carbocycles. The van der Waals surface area contributed by atoms with E-state index in [1.54, 1.807) is 36.7 Å². The molecule has 0 saturated carbocycles. The Morgan fingerprint density at radius 2 is 1.03 bits per heavy atom. The molecule has 0 saturated heterocycles. The summed E-state index contributed by atoms with van der Waals surface area (Å²) in [6, 6.07) is 6.94. The number of hydrogen-bond acceptors (Lipinski definition) is 6. The highest BCUT2D eigenvalue weighted by atomic mass is 79.9. The maximum absolute atomic E-state index is 9.69. The van der Waals surface area contributed by atoms with Crippen LogP contribution >= 0.6 is 0 Å². The van der Waals surface area contributed by atoms with Gasteiger partial charge >= 0.3 is 0 Å². The molecule has 0 fully saturated rings. The summed E-state index contributed by atoms with van der Waals surface area (Å²) >= 11 is 0. The molecular weight excluding hydrogens is 538 g/mol. The van der Waals surface area contributed by atoms with Crippen LogP contribution in [0.3, 0.4) is 0 Å². The average molecular weight is 587 g/mol. The summed E-state index contributed by atoms with van der Waals surface area (Å²) in [6.45, 7) is 21.2. The number of halogens is 1. The number of carbonyl (C=O) groups excluding carboxylic acids is 1. The molecule has 0 radical (unpaired) electrons. The zero-order valence-corrected chi connectivity index (χ0v) is 25.5. The number of quaternary nitrogens is 2. The topological polar surface area (TPSA) is 110 Å². The van der Waals surface area contributed by atoms with E-state index >= 15 is 0 Å². The quantitative estimate of drug-likeness (QED) is 0.386. The van der Waals surface area contributed by atoms with Crippen molar-refractivity contribution in [2.24, 2.45) is 0 Å². The van der Waals surface area contributed by atoms with E-state index in [1.807, 2.05) is 0 Å². The number of nitrogens with zero attached hydrogens (tertiary/aromatic N) is 5. The number of carboxylic acid groups (broad SMARTS) is 1. The fourth-order valence-electron chi connectivity index (χ4n) is 3.75. The van der Waals surface area contributed by atoms with E-state index in [1.165, 1.54) is 14.1 Å². The normalized spacial score (nSPS) is 10.7. The molecule has 37 heavy (non-hydrogen) atoms. The van der Waals surface area contributed by atoms with Crippen LogP contribution in [0.25, 0.3) is 0 Å². The molecule has 2 N–H and O–H groups in total. The molecule has 10 heteroatoms. The third-order valence-electron chi connectivity index (χ3n) is 7.09. The third-order valence-corrected chi connectivity index (χ3v) is 7.09. The van der Waals surface area contributed by atoms with Crippen LogP contribution in [-0.2, 0) is 13.1 Å². The van der Waals surface area contributed by atoms with Crippen molar-refractivity contribution in [1.82, 2.24) is 14.9 Å². The van der Waals surface area contributed by atoms with Crippen LogP contribution in [0, 0.1) is 0 Å². The van der Waals surface area contributed by atoms with E-state index < -0.39 is 6.09 Å². The predicted molar refractivity (Wildman–Crippen MR) is 142 cm³/mol. The molecule has 2 aromatic heterocycles. The summed E-state index contributed by atoms with van der Waals surface area (Å²) in [5.74, 6) is 0.630. The van der Waals surface area contributed by atoms with Gasteiger partial charge in [-0.2, -0.15) is 0 Å². The number of pyridine rings is 2. The number of carbonyl (C=O) groups is 1. The molecule has 0 aliphatic heterocycles. The Kier molecular flexibility index (Phi) is 18.6. The fraction of sp³-hybridized carbons (Fsp3) is 0.593. The van der Waals surface area contributed by atoms with Crippen molar-refractivity contribution in [1.29, 1.82) is 0 Å². The van der Waals surface area contributed by atoms with Gasteiger partial charge in [-0.3, -0.25) is 9.97 Å². The molecule has 1 amide bonds. The number of aromatic nitrogens is 2. The molecule has 2 heterocycles. The smallest absolute Gasteiger partial charge is 0.142 e. The summed E-state index contributed by atoms with van der Waals surface area (Å²) in [6.07, 6.45) is 2.32. The Hall–Kier alpha value is -2.43. The molecule has 0 bridgehead atoms. The lowest BCUT2D eigenvalue weighted by Gasteiger charge is -2.35. The van der Waals surface area contributed by atoms with Crippen molar-refractivity contribution in [2.75, 3.05) is 53.4 Å². The standard InChI is InChI=1S/2C12H20N2O.C3H7NO2.BrH/c2*1-4-14(5-2,6-3)10-11-12(15)8-7-9-13-11;1-4(2)3(5)6;/h2*7-9H,4-6,10H2,1-3H3;1-2H3,(H,5,6);1H. The first-order chi connectivity index (χ1) is 17.0. The molecule has 212 valence electrons. The fourth-order valence-corrected chi connectivity index (χ4v) is 3.75. The van der Waals surface area contributed by atoms with Gasteiger partial charge in [-0.1, -0.05) is 0 Å². The Morgan fingerprint density at radius 1 is 0.757 bits per heavy atom. The van der Waals surface area contributed by atoms with E-state index in [2.05, 4.69) is 51.5 Å². The number of aromatic hydroxyl groups is 2. The van der Waals surface area contributed by atoms with Crippen molar-refractivity contribution in [3.63, 3.8) is 0 Å². The molecule has 0 spiro atoms. The van der Waals surface area contributed by atoms with Gasteiger partial charge in [0.15, 0.2) is 0 Å².